The number of nitrogens with zero attached hydrogens (tertiary/aromatic N) is 2. The molecule has 0 amide bonds. The summed E-state index contributed by atoms with van der Waals surface area (Å²) in [5, 5.41) is 4.48. The zero-order chi connectivity index (χ0) is 8.60. The Morgan fingerprint density at radius 3 is 3.08 bits per heavy atom. The lowest BCUT2D eigenvalue weighted by molar-refractivity contribution is 0.650. The molecule has 0 aromatic carbocycles. The molecule has 1 aromatic heterocycles. The Balaban J connectivity index is 2.18. The molecule has 1 aliphatic carbocycles. The molecule has 1 fully saturated rings. The Hall–Kier alpha value is -1.05. The van der Waals surface area contributed by atoms with Crippen LogP contribution in [-0.2, 0) is 12.0 Å². The predicted molar refractivity (Wildman–Crippen MR) is 49.0 cm³/mol. The molecule has 2 heteroatoms. The van der Waals surface area contributed by atoms with Gasteiger partial charge in [-0.15, -0.1) is 6.58 Å². The normalized spacial score (nSPS) is 19.1. The van der Waals surface area contributed by atoms with Gasteiger partial charge in [0.05, 0.1) is 12.2 Å². The molecule has 0 bridgehead atoms. The summed E-state index contributed by atoms with van der Waals surface area (Å²) < 4.78 is 1.94. The maximum Gasteiger partial charge on any atom is 0.0683 e. The largest absolute Gasteiger partial charge is 0.269 e. The van der Waals surface area contributed by atoms with Crippen LogP contribution in [0.2, 0.25) is 0 Å². The zero-order valence-electron chi connectivity index (χ0n) is 7.45. The third-order valence-electron chi connectivity index (χ3n) is 2.58. The van der Waals surface area contributed by atoms with Gasteiger partial charge in [0.2, 0.25) is 0 Å². The SMILES string of the molecule is C=CCn1ccc(C2(C)CC2)n1. The first-order valence-corrected chi connectivity index (χ1v) is 4.39. The summed E-state index contributed by atoms with van der Waals surface area (Å²) in [6.45, 7) is 6.77. The molecule has 2 nitrogen and oxygen atoms in total. The molecule has 2 rings (SSSR count). The Morgan fingerprint density at radius 2 is 2.50 bits per heavy atom. The van der Waals surface area contributed by atoms with Crippen molar-refractivity contribution in [1.82, 2.24) is 9.78 Å². The van der Waals surface area contributed by atoms with Gasteiger partial charge < -0.3 is 0 Å². The summed E-state index contributed by atoms with van der Waals surface area (Å²) >= 11 is 0. The highest BCUT2D eigenvalue weighted by Crippen LogP contribution is 2.46. The van der Waals surface area contributed by atoms with Crippen LogP contribution in [0.4, 0.5) is 0 Å². The number of hydrogen-bond acceptors (Lipinski definition) is 1. The molecule has 0 unspecified atom stereocenters. The van der Waals surface area contributed by atoms with Crippen LogP contribution in [0.3, 0.4) is 0 Å². The van der Waals surface area contributed by atoms with Gasteiger partial charge in [-0.2, -0.15) is 5.10 Å². The topological polar surface area (TPSA) is 17.8 Å². The first kappa shape index (κ1) is 7.59. The second kappa shape index (κ2) is 2.47. The van der Waals surface area contributed by atoms with Crippen molar-refractivity contribution >= 4 is 0 Å². The van der Waals surface area contributed by atoms with E-state index in [-0.39, 0.29) is 0 Å². The van der Waals surface area contributed by atoms with Crippen molar-refractivity contribution in [1.29, 1.82) is 0 Å². The van der Waals surface area contributed by atoms with Gasteiger partial charge in [-0.05, 0) is 18.9 Å². The molecule has 1 heterocycles. The van der Waals surface area contributed by atoms with Crippen LogP contribution in [-0.4, -0.2) is 9.78 Å². The molecule has 1 saturated carbocycles. The lowest BCUT2D eigenvalue weighted by atomic mass is 10.1. The minimum atomic E-state index is 0.395. The Labute approximate surface area is 72.9 Å². The summed E-state index contributed by atoms with van der Waals surface area (Å²) in [5.41, 5.74) is 1.64. The van der Waals surface area contributed by atoms with E-state index < -0.39 is 0 Å². The Bertz CT molecular complexity index is 295. The van der Waals surface area contributed by atoms with Gasteiger partial charge in [-0.25, -0.2) is 0 Å². The highest BCUT2D eigenvalue weighted by Gasteiger charge is 2.40. The summed E-state index contributed by atoms with van der Waals surface area (Å²) in [6, 6.07) is 2.12. The summed E-state index contributed by atoms with van der Waals surface area (Å²) in [4.78, 5) is 0. The van der Waals surface area contributed by atoms with E-state index in [0.29, 0.717) is 5.41 Å². The molecular weight excluding hydrogens is 148 g/mol. The van der Waals surface area contributed by atoms with Crippen molar-refractivity contribution in [2.75, 3.05) is 0 Å². The van der Waals surface area contributed by atoms with Gasteiger partial charge in [0, 0.05) is 11.6 Å². The second-order valence-corrected chi connectivity index (χ2v) is 3.77. The van der Waals surface area contributed by atoms with Crippen molar-refractivity contribution in [3.8, 4) is 0 Å². The lowest BCUT2D eigenvalue weighted by Gasteiger charge is -2.01. The lowest BCUT2D eigenvalue weighted by Crippen LogP contribution is -2.03. The number of allylic oxidation sites excluding steroid dienone is 1. The first-order valence-electron chi connectivity index (χ1n) is 4.39. The van der Waals surface area contributed by atoms with Crippen LogP contribution < -0.4 is 0 Å². The molecule has 0 spiro atoms. The van der Waals surface area contributed by atoms with Crippen LogP contribution in [0.1, 0.15) is 25.5 Å². The smallest absolute Gasteiger partial charge is 0.0683 e. The fourth-order valence-corrected chi connectivity index (χ4v) is 1.36. The highest BCUT2D eigenvalue weighted by molar-refractivity contribution is 5.21. The average molecular weight is 162 g/mol. The maximum atomic E-state index is 4.48. The summed E-state index contributed by atoms with van der Waals surface area (Å²) in [7, 11) is 0. The maximum absolute atomic E-state index is 4.48. The third-order valence-corrected chi connectivity index (χ3v) is 2.58. The molecule has 0 aliphatic heterocycles. The molecule has 12 heavy (non-hydrogen) atoms. The molecule has 0 atom stereocenters. The average Bonchev–Trinajstić information content (AvgIpc) is 2.64. The quantitative estimate of drug-likeness (QED) is 0.622. The van der Waals surface area contributed by atoms with E-state index in [9.17, 15) is 0 Å². The number of aromatic nitrogens is 2. The monoisotopic (exact) mass is 162 g/mol. The fraction of sp³-hybridized carbons (Fsp3) is 0.500. The van der Waals surface area contributed by atoms with E-state index in [2.05, 4.69) is 24.7 Å². The van der Waals surface area contributed by atoms with E-state index in [1.54, 1.807) is 0 Å². The number of rotatable bonds is 3. The van der Waals surface area contributed by atoms with Crippen molar-refractivity contribution in [3.05, 3.63) is 30.6 Å². The zero-order valence-corrected chi connectivity index (χ0v) is 7.45. The van der Waals surface area contributed by atoms with Crippen molar-refractivity contribution in [3.63, 3.8) is 0 Å². The van der Waals surface area contributed by atoms with Crippen molar-refractivity contribution in [2.45, 2.75) is 31.7 Å². The van der Waals surface area contributed by atoms with Crippen LogP contribution in [0, 0.1) is 0 Å². The third kappa shape index (κ3) is 1.17. The Kier molecular flexibility index (Phi) is 1.56. The van der Waals surface area contributed by atoms with Gasteiger partial charge in [0.1, 0.15) is 0 Å². The van der Waals surface area contributed by atoms with Crippen LogP contribution in [0.25, 0.3) is 0 Å². The van der Waals surface area contributed by atoms with Crippen molar-refractivity contribution in [2.24, 2.45) is 0 Å². The van der Waals surface area contributed by atoms with E-state index in [1.807, 2.05) is 17.0 Å². The molecule has 64 valence electrons. The summed E-state index contributed by atoms with van der Waals surface area (Å²) in [6.07, 6.45) is 6.48. The van der Waals surface area contributed by atoms with E-state index in [1.165, 1.54) is 18.5 Å². The van der Waals surface area contributed by atoms with Gasteiger partial charge in [0.15, 0.2) is 0 Å². The van der Waals surface area contributed by atoms with Crippen molar-refractivity contribution < 1.29 is 0 Å². The highest BCUT2D eigenvalue weighted by atomic mass is 15.3. The van der Waals surface area contributed by atoms with Gasteiger partial charge in [-0.1, -0.05) is 13.0 Å². The standard InChI is InChI=1S/C10H14N2/c1-3-7-12-8-4-9(11-12)10(2)5-6-10/h3-4,8H,1,5-7H2,2H3. The Morgan fingerprint density at radius 1 is 1.75 bits per heavy atom. The molecule has 0 saturated heterocycles. The summed E-state index contributed by atoms with van der Waals surface area (Å²) in [5.74, 6) is 0. The minimum Gasteiger partial charge on any atom is -0.269 e. The second-order valence-electron chi connectivity index (χ2n) is 3.77. The van der Waals surface area contributed by atoms with Gasteiger partial charge >= 0.3 is 0 Å². The van der Waals surface area contributed by atoms with E-state index in [0.717, 1.165) is 6.54 Å². The molecular formula is C10H14N2. The van der Waals surface area contributed by atoms with Gasteiger partial charge in [-0.3, -0.25) is 4.68 Å². The minimum absolute atomic E-state index is 0.395. The van der Waals surface area contributed by atoms with Crippen LogP contribution in [0.5, 0.6) is 0 Å². The molecule has 1 aromatic rings. The first-order chi connectivity index (χ1) is 5.74. The van der Waals surface area contributed by atoms with E-state index >= 15 is 0 Å². The van der Waals surface area contributed by atoms with Crippen LogP contribution in [0.15, 0.2) is 24.9 Å². The molecule has 0 radical (unpaired) electrons. The number of hydrogen-bond donors (Lipinski definition) is 0. The van der Waals surface area contributed by atoms with E-state index in [4.69, 9.17) is 0 Å². The van der Waals surface area contributed by atoms with Crippen LogP contribution >= 0.6 is 0 Å². The molecule has 0 N–H and O–H groups in total. The van der Waals surface area contributed by atoms with Gasteiger partial charge in [0.25, 0.3) is 0 Å². The predicted octanol–water partition coefficient (Wildman–Crippen LogP) is 2.12. The fourth-order valence-electron chi connectivity index (χ4n) is 1.36. The molecule has 1 aliphatic rings.